The van der Waals surface area contributed by atoms with Crippen LogP contribution in [-0.2, 0) is 4.74 Å². The first-order valence-electron chi connectivity index (χ1n) is 9.66. The third-order valence-electron chi connectivity index (χ3n) is 4.97. The van der Waals surface area contributed by atoms with E-state index in [1.165, 1.54) is 7.11 Å². The minimum atomic E-state index is -1.12. The predicted octanol–water partition coefficient (Wildman–Crippen LogP) is 2.55. The Hall–Kier alpha value is -3.14. The van der Waals surface area contributed by atoms with Crippen LogP contribution >= 0.6 is 0 Å². The summed E-state index contributed by atoms with van der Waals surface area (Å²) in [7, 11) is 1.52. The maximum absolute atomic E-state index is 12.9. The van der Waals surface area contributed by atoms with Gasteiger partial charge in [0.2, 0.25) is 5.88 Å². The first-order chi connectivity index (χ1) is 14.2. The van der Waals surface area contributed by atoms with Crippen molar-refractivity contribution < 1.29 is 24.2 Å². The first kappa shape index (κ1) is 21.6. The quantitative estimate of drug-likeness (QED) is 0.698. The number of carbonyl (C=O) groups excluding carboxylic acids is 1. The normalized spacial score (nSPS) is 18.0. The summed E-state index contributed by atoms with van der Waals surface area (Å²) in [6.07, 6.45) is 0.0112. The number of aromatic nitrogens is 2. The standard InChI is InChI=1S/C20H27N5O5/c1-20(2,3)17(24-19(27)28)14-11-25(9-10-30-14)18(26)22-13-7-8-21-12-5-6-15(29-4)23-16(12)13/h5-8,14,17,24H,9-11H2,1-4H3,(H,27,28)(H,21,22,26)/t14-,17?/m0/s1. The van der Waals surface area contributed by atoms with Crippen LogP contribution in [0.2, 0.25) is 0 Å². The van der Waals surface area contributed by atoms with E-state index in [2.05, 4.69) is 20.6 Å². The minimum absolute atomic E-state index is 0.258. The summed E-state index contributed by atoms with van der Waals surface area (Å²) in [5.41, 5.74) is 1.29. The van der Waals surface area contributed by atoms with E-state index in [1.807, 2.05) is 20.8 Å². The Morgan fingerprint density at radius 3 is 2.77 bits per heavy atom. The fraction of sp³-hybridized carbons (Fsp3) is 0.500. The summed E-state index contributed by atoms with van der Waals surface area (Å²) in [5.74, 6) is 0.421. The zero-order chi connectivity index (χ0) is 21.9. The topological polar surface area (TPSA) is 126 Å². The van der Waals surface area contributed by atoms with Crippen LogP contribution in [0.4, 0.5) is 15.3 Å². The zero-order valence-electron chi connectivity index (χ0n) is 17.5. The average Bonchev–Trinajstić information content (AvgIpc) is 2.71. The van der Waals surface area contributed by atoms with Crippen LogP contribution in [0, 0.1) is 5.41 Å². The number of hydrogen-bond donors (Lipinski definition) is 3. The Morgan fingerprint density at radius 2 is 2.10 bits per heavy atom. The first-order valence-corrected chi connectivity index (χ1v) is 9.66. The van der Waals surface area contributed by atoms with Crippen molar-refractivity contribution >= 4 is 28.8 Å². The summed E-state index contributed by atoms with van der Waals surface area (Å²) in [5, 5.41) is 14.6. The lowest BCUT2D eigenvalue weighted by atomic mass is 9.83. The molecule has 10 nitrogen and oxygen atoms in total. The van der Waals surface area contributed by atoms with Crippen molar-refractivity contribution in [1.29, 1.82) is 0 Å². The van der Waals surface area contributed by atoms with Gasteiger partial charge in [0.25, 0.3) is 0 Å². The lowest BCUT2D eigenvalue weighted by Crippen LogP contribution is -2.59. The fourth-order valence-electron chi connectivity index (χ4n) is 3.48. The molecule has 30 heavy (non-hydrogen) atoms. The number of fused-ring (bicyclic) bond motifs is 1. The third kappa shape index (κ3) is 4.88. The van der Waals surface area contributed by atoms with E-state index < -0.39 is 18.2 Å². The molecule has 1 saturated heterocycles. The fourth-order valence-corrected chi connectivity index (χ4v) is 3.48. The second kappa shape index (κ2) is 8.70. The van der Waals surface area contributed by atoms with Crippen molar-refractivity contribution in [1.82, 2.24) is 20.2 Å². The Morgan fingerprint density at radius 1 is 1.33 bits per heavy atom. The maximum Gasteiger partial charge on any atom is 0.404 e. The Balaban J connectivity index is 1.77. The van der Waals surface area contributed by atoms with E-state index >= 15 is 0 Å². The smallest absolute Gasteiger partial charge is 0.404 e. The highest BCUT2D eigenvalue weighted by atomic mass is 16.5. The second-order valence-electron chi connectivity index (χ2n) is 8.16. The minimum Gasteiger partial charge on any atom is -0.481 e. The molecule has 0 bridgehead atoms. The molecule has 0 aromatic carbocycles. The number of nitrogens with one attached hydrogen (secondary N) is 2. The van der Waals surface area contributed by atoms with Gasteiger partial charge in [-0.3, -0.25) is 4.98 Å². The second-order valence-corrected chi connectivity index (χ2v) is 8.16. The number of nitrogens with zero attached hydrogens (tertiary/aromatic N) is 3. The summed E-state index contributed by atoms with van der Waals surface area (Å²) < 4.78 is 11.0. The Bertz CT molecular complexity index is 929. The molecule has 3 amide bonds. The molecule has 1 aliphatic heterocycles. The highest BCUT2D eigenvalue weighted by Gasteiger charge is 2.38. The monoisotopic (exact) mass is 417 g/mol. The third-order valence-corrected chi connectivity index (χ3v) is 4.97. The molecule has 1 fully saturated rings. The van der Waals surface area contributed by atoms with Crippen LogP contribution in [-0.4, -0.2) is 71.1 Å². The number of methoxy groups -OCH3 is 1. The molecule has 1 aliphatic rings. The number of carboxylic acid groups (broad SMARTS) is 1. The van der Waals surface area contributed by atoms with E-state index in [1.54, 1.807) is 29.3 Å². The SMILES string of the molecule is COc1ccc2nccc(NC(=O)N3CCO[C@H](C(NC(=O)O)C(C)(C)C)C3)c2n1. The molecule has 2 atom stereocenters. The van der Waals surface area contributed by atoms with Gasteiger partial charge in [-0.25, -0.2) is 14.6 Å². The number of amides is 3. The van der Waals surface area contributed by atoms with Crippen molar-refractivity contribution in [2.75, 3.05) is 32.1 Å². The van der Waals surface area contributed by atoms with Gasteiger partial charge in [-0.1, -0.05) is 20.8 Å². The number of morpholine rings is 1. The van der Waals surface area contributed by atoms with Crippen LogP contribution in [0.3, 0.4) is 0 Å². The summed E-state index contributed by atoms with van der Waals surface area (Å²) in [6, 6.07) is 4.36. The van der Waals surface area contributed by atoms with Crippen LogP contribution < -0.4 is 15.4 Å². The molecular formula is C20H27N5O5. The van der Waals surface area contributed by atoms with Crippen LogP contribution in [0.15, 0.2) is 24.4 Å². The van der Waals surface area contributed by atoms with Gasteiger partial charge >= 0.3 is 12.1 Å². The van der Waals surface area contributed by atoms with Gasteiger partial charge in [0.1, 0.15) is 5.52 Å². The Labute approximate surface area is 174 Å². The maximum atomic E-state index is 12.9. The van der Waals surface area contributed by atoms with Gasteiger partial charge in [0.05, 0.1) is 43.6 Å². The number of pyridine rings is 2. The zero-order valence-corrected chi connectivity index (χ0v) is 17.5. The average molecular weight is 417 g/mol. The van der Waals surface area contributed by atoms with Crippen molar-refractivity contribution in [3.63, 3.8) is 0 Å². The molecule has 3 heterocycles. The Kier molecular flexibility index (Phi) is 6.25. The molecule has 2 aromatic heterocycles. The van der Waals surface area contributed by atoms with Gasteiger partial charge in [-0.05, 0) is 17.5 Å². The highest BCUT2D eigenvalue weighted by Crippen LogP contribution is 2.27. The molecule has 0 radical (unpaired) electrons. The summed E-state index contributed by atoms with van der Waals surface area (Å²) in [6.45, 7) is 6.75. The molecule has 0 aliphatic carbocycles. The number of urea groups is 1. The van der Waals surface area contributed by atoms with Crippen molar-refractivity contribution in [3.8, 4) is 5.88 Å². The van der Waals surface area contributed by atoms with Crippen LogP contribution in [0.25, 0.3) is 11.0 Å². The van der Waals surface area contributed by atoms with Crippen LogP contribution in [0.5, 0.6) is 5.88 Å². The van der Waals surface area contributed by atoms with E-state index in [-0.39, 0.29) is 18.0 Å². The lowest BCUT2D eigenvalue weighted by molar-refractivity contribution is -0.0508. The predicted molar refractivity (Wildman–Crippen MR) is 111 cm³/mol. The number of carbonyl (C=O) groups is 2. The van der Waals surface area contributed by atoms with E-state index in [4.69, 9.17) is 9.47 Å². The van der Waals surface area contributed by atoms with Gasteiger partial charge < -0.3 is 30.1 Å². The van der Waals surface area contributed by atoms with Gasteiger partial charge in [-0.2, -0.15) is 0 Å². The molecule has 1 unspecified atom stereocenters. The summed E-state index contributed by atoms with van der Waals surface area (Å²) in [4.78, 5) is 34.5. The molecule has 0 saturated carbocycles. The van der Waals surface area contributed by atoms with Crippen molar-refractivity contribution in [2.24, 2.45) is 5.41 Å². The van der Waals surface area contributed by atoms with Crippen LogP contribution in [0.1, 0.15) is 20.8 Å². The van der Waals surface area contributed by atoms with E-state index in [0.717, 1.165) is 0 Å². The van der Waals surface area contributed by atoms with E-state index in [0.29, 0.717) is 35.8 Å². The number of rotatable bonds is 4. The summed E-state index contributed by atoms with van der Waals surface area (Å²) >= 11 is 0. The number of anilines is 1. The molecule has 3 rings (SSSR count). The number of hydrogen-bond acceptors (Lipinski definition) is 6. The molecule has 2 aromatic rings. The molecular weight excluding hydrogens is 390 g/mol. The van der Waals surface area contributed by atoms with Gasteiger partial charge in [-0.15, -0.1) is 0 Å². The highest BCUT2D eigenvalue weighted by molar-refractivity contribution is 5.98. The molecule has 3 N–H and O–H groups in total. The molecule has 0 spiro atoms. The number of ether oxygens (including phenoxy) is 2. The van der Waals surface area contributed by atoms with E-state index in [9.17, 15) is 14.7 Å². The lowest BCUT2D eigenvalue weighted by Gasteiger charge is -2.41. The molecule has 10 heteroatoms. The van der Waals surface area contributed by atoms with Crippen molar-refractivity contribution in [2.45, 2.75) is 32.9 Å². The molecule has 162 valence electrons. The van der Waals surface area contributed by atoms with Crippen molar-refractivity contribution in [3.05, 3.63) is 24.4 Å². The largest absolute Gasteiger partial charge is 0.481 e. The van der Waals surface area contributed by atoms with Gasteiger partial charge in [0.15, 0.2) is 0 Å². The van der Waals surface area contributed by atoms with Gasteiger partial charge in [0, 0.05) is 18.8 Å².